The van der Waals surface area contributed by atoms with Crippen molar-refractivity contribution >= 4 is 34.7 Å². The molecule has 0 spiro atoms. The summed E-state index contributed by atoms with van der Waals surface area (Å²) in [6.07, 6.45) is 3.95. The molecule has 2 N–H and O–H groups in total. The van der Waals surface area contributed by atoms with Gasteiger partial charge in [-0.3, -0.25) is 4.79 Å². The molecule has 7 nitrogen and oxygen atoms in total. The van der Waals surface area contributed by atoms with E-state index in [1.165, 1.54) is 0 Å². The van der Waals surface area contributed by atoms with Crippen molar-refractivity contribution in [1.82, 2.24) is 20.6 Å². The van der Waals surface area contributed by atoms with E-state index < -0.39 is 0 Å². The second kappa shape index (κ2) is 13.2. The van der Waals surface area contributed by atoms with Crippen LogP contribution in [0.2, 0.25) is 10.0 Å². The zero-order valence-electron chi connectivity index (χ0n) is 20.6. The topological polar surface area (TPSA) is 92.8 Å². The predicted molar refractivity (Wildman–Crippen MR) is 148 cm³/mol. The second-order valence-electron chi connectivity index (χ2n) is 8.77. The van der Waals surface area contributed by atoms with Gasteiger partial charge in [0, 0.05) is 39.7 Å². The summed E-state index contributed by atoms with van der Waals surface area (Å²) in [5.74, 6) is 1.37. The van der Waals surface area contributed by atoms with Crippen molar-refractivity contribution in [2.75, 3.05) is 11.9 Å². The average Bonchev–Trinajstić information content (AvgIpc) is 3.43. The van der Waals surface area contributed by atoms with E-state index in [9.17, 15) is 4.79 Å². The van der Waals surface area contributed by atoms with Crippen molar-refractivity contribution in [3.8, 4) is 16.9 Å². The maximum Gasteiger partial charge on any atom is 0.175 e. The fourth-order valence-electron chi connectivity index (χ4n) is 3.94. The van der Waals surface area contributed by atoms with E-state index in [0.29, 0.717) is 40.9 Å². The number of ether oxygens (including phenoxy) is 1. The lowest BCUT2D eigenvalue weighted by Gasteiger charge is -2.21. The van der Waals surface area contributed by atoms with Gasteiger partial charge in [-0.1, -0.05) is 66.4 Å². The Morgan fingerprint density at radius 2 is 1.84 bits per heavy atom. The molecule has 192 valence electrons. The summed E-state index contributed by atoms with van der Waals surface area (Å²) in [6, 6.07) is 21.1. The van der Waals surface area contributed by atoms with Crippen LogP contribution in [0.3, 0.4) is 0 Å². The maximum absolute atomic E-state index is 12.5. The summed E-state index contributed by atoms with van der Waals surface area (Å²) >= 11 is 12.4. The summed E-state index contributed by atoms with van der Waals surface area (Å²) in [5.41, 5.74) is 3.54. The smallest absolute Gasteiger partial charge is 0.175 e. The quantitative estimate of drug-likeness (QED) is 0.178. The highest BCUT2D eigenvalue weighted by molar-refractivity contribution is 6.36. The molecule has 1 aromatic heterocycles. The molecular formula is C28H29Cl2N5O2. The number of tetrazole rings is 1. The highest BCUT2D eigenvalue weighted by Gasteiger charge is 2.12. The minimum Gasteiger partial charge on any atom is -0.491 e. The van der Waals surface area contributed by atoms with Gasteiger partial charge in [-0.2, -0.15) is 5.21 Å². The van der Waals surface area contributed by atoms with Gasteiger partial charge in [0.2, 0.25) is 0 Å². The fraction of sp³-hybridized carbons (Fsp3) is 0.286. The van der Waals surface area contributed by atoms with E-state index >= 15 is 0 Å². The third-order valence-electron chi connectivity index (χ3n) is 6.00. The van der Waals surface area contributed by atoms with E-state index in [2.05, 4.69) is 32.9 Å². The molecule has 9 heteroatoms. The Hall–Kier alpha value is -3.42. The van der Waals surface area contributed by atoms with Gasteiger partial charge in [0.1, 0.15) is 12.4 Å². The van der Waals surface area contributed by atoms with Crippen LogP contribution in [0.4, 0.5) is 5.69 Å². The highest BCUT2D eigenvalue weighted by Crippen LogP contribution is 2.31. The number of ketones is 1. The molecule has 4 aromatic rings. The first-order valence-electron chi connectivity index (χ1n) is 12.3. The summed E-state index contributed by atoms with van der Waals surface area (Å²) in [6.45, 7) is 2.69. The summed E-state index contributed by atoms with van der Waals surface area (Å²) < 4.78 is 6.12. The minimum absolute atomic E-state index is 0.0468. The van der Waals surface area contributed by atoms with Crippen LogP contribution in [-0.4, -0.2) is 39.1 Å². The molecule has 0 aliphatic rings. The number of H-pyrrole nitrogens is 1. The fourth-order valence-corrected chi connectivity index (χ4v) is 4.46. The first-order valence-corrected chi connectivity index (χ1v) is 13.1. The van der Waals surface area contributed by atoms with Gasteiger partial charge < -0.3 is 10.1 Å². The van der Waals surface area contributed by atoms with E-state index in [4.69, 9.17) is 27.9 Å². The van der Waals surface area contributed by atoms with Gasteiger partial charge in [-0.05, 0) is 60.5 Å². The van der Waals surface area contributed by atoms with E-state index in [0.717, 1.165) is 41.8 Å². The third-order valence-corrected chi connectivity index (χ3v) is 6.54. The highest BCUT2D eigenvalue weighted by atomic mass is 35.5. The molecule has 3 aromatic carbocycles. The minimum atomic E-state index is 0.0468. The number of halogens is 2. The number of hydrogen-bond donors (Lipinski definition) is 2. The number of Topliss-reactive ketones (excluding diaryl/α,β-unsaturated/α-hetero) is 1. The molecule has 0 unspecified atom stereocenters. The number of unbranched alkanes of at least 4 members (excludes halogenated alkanes) is 1. The largest absolute Gasteiger partial charge is 0.491 e. The number of anilines is 1. The Kier molecular flexibility index (Phi) is 9.52. The van der Waals surface area contributed by atoms with Crippen LogP contribution >= 0.6 is 23.2 Å². The first-order chi connectivity index (χ1) is 18.0. The Morgan fingerprint density at radius 1 is 1.05 bits per heavy atom. The number of carbonyl (C=O) groups is 1. The second-order valence-corrected chi connectivity index (χ2v) is 9.62. The van der Waals surface area contributed by atoms with Crippen molar-refractivity contribution in [2.45, 2.75) is 45.1 Å². The number of nitrogens with zero attached hydrogens (tertiary/aromatic N) is 3. The molecule has 0 saturated heterocycles. The SMILES string of the molecule is CCCC[C@@H](COc1ccc(-c2ccc(Cl)cc2Cl)cc1)Nc1ccc(C(=O)CCc2nn[nH]n2)cc1. The van der Waals surface area contributed by atoms with Gasteiger partial charge >= 0.3 is 0 Å². The van der Waals surface area contributed by atoms with Crippen LogP contribution in [0.25, 0.3) is 11.1 Å². The van der Waals surface area contributed by atoms with Crippen LogP contribution in [-0.2, 0) is 6.42 Å². The van der Waals surface area contributed by atoms with Crippen LogP contribution in [0.1, 0.15) is 48.8 Å². The van der Waals surface area contributed by atoms with E-state index in [-0.39, 0.29) is 11.8 Å². The van der Waals surface area contributed by atoms with Crippen LogP contribution in [0, 0.1) is 0 Å². The Balaban J connectivity index is 1.33. The number of rotatable bonds is 13. The van der Waals surface area contributed by atoms with Crippen LogP contribution in [0.15, 0.2) is 66.7 Å². The van der Waals surface area contributed by atoms with E-state index in [1.807, 2.05) is 60.7 Å². The summed E-state index contributed by atoms with van der Waals surface area (Å²) in [7, 11) is 0. The molecule has 0 bridgehead atoms. The molecule has 37 heavy (non-hydrogen) atoms. The molecule has 0 radical (unpaired) electrons. The maximum atomic E-state index is 12.5. The zero-order valence-corrected chi connectivity index (χ0v) is 22.1. The number of aromatic amines is 1. The summed E-state index contributed by atoms with van der Waals surface area (Å²) in [4.78, 5) is 12.5. The van der Waals surface area contributed by atoms with Gasteiger partial charge in [-0.25, -0.2) is 0 Å². The lowest BCUT2D eigenvalue weighted by molar-refractivity contribution is 0.0982. The van der Waals surface area contributed by atoms with Gasteiger partial charge in [0.25, 0.3) is 0 Å². The Labute approximate surface area is 226 Å². The molecule has 0 amide bonds. The number of aromatic nitrogens is 4. The normalized spacial score (nSPS) is 11.8. The van der Waals surface area contributed by atoms with Crippen molar-refractivity contribution in [1.29, 1.82) is 0 Å². The monoisotopic (exact) mass is 537 g/mol. The number of carbonyl (C=O) groups excluding carboxylic acids is 1. The Bertz CT molecular complexity index is 1280. The van der Waals surface area contributed by atoms with Crippen molar-refractivity contribution in [3.05, 3.63) is 88.2 Å². The molecule has 0 fully saturated rings. The van der Waals surface area contributed by atoms with Crippen molar-refractivity contribution in [3.63, 3.8) is 0 Å². The number of aryl methyl sites for hydroxylation is 1. The predicted octanol–water partition coefficient (Wildman–Crippen LogP) is 7.04. The third kappa shape index (κ3) is 7.78. The Morgan fingerprint density at radius 3 is 2.51 bits per heavy atom. The average molecular weight is 538 g/mol. The molecule has 1 atom stereocenters. The van der Waals surface area contributed by atoms with Gasteiger partial charge in [0.15, 0.2) is 11.6 Å². The first kappa shape index (κ1) is 26.6. The molecule has 0 saturated carbocycles. The van der Waals surface area contributed by atoms with E-state index in [1.54, 1.807) is 6.07 Å². The number of nitrogens with one attached hydrogen (secondary N) is 2. The van der Waals surface area contributed by atoms with Crippen LogP contribution in [0.5, 0.6) is 5.75 Å². The summed E-state index contributed by atoms with van der Waals surface area (Å²) in [5, 5.41) is 18.5. The van der Waals surface area contributed by atoms with Crippen LogP contribution < -0.4 is 10.1 Å². The zero-order chi connectivity index (χ0) is 26.0. The van der Waals surface area contributed by atoms with Gasteiger partial charge in [0.05, 0.1) is 6.04 Å². The standard InChI is InChI=1S/C28H29Cl2N5O2/c1-2-3-4-23(18-37-24-12-7-19(8-13-24)25-14-9-21(29)17-26(25)30)31-22-10-5-20(6-11-22)27(36)15-16-28-32-34-35-33-28/h5-14,17,23,31H,2-4,15-16,18H2,1H3,(H,32,33,34,35)/t23-/m0/s1. The molecule has 0 aliphatic carbocycles. The van der Waals surface area contributed by atoms with Gasteiger partial charge in [-0.15, -0.1) is 10.2 Å². The molecule has 4 rings (SSSR count). The lowest BCUT2D eigenvalue weighted by Crippen LogP contribution is -2.27. The van der Waals surface area contributed by atoms with Crippen molar-refractivity contribution < 1.29 is 9.53 Å². The molecule has 0 aliphatic heterocycles. The molecule has 1 heterocycles. The lowest BCUT2D eigenvalue weighted by atomic mass is 10.1. The number of hydrogen-bond acceptors (Lipinski definition) is 6. The van der Waals surface area contributed by atoms with Crippen molar-refractivity contribution in [2.24, 2.45) is 0 Å². The number of benzene rings is 3. The molecular weight excluding hydrogens is 509 g/mol.